The van der Waals surface area contributed by atoms with E-state index in [-0.39, 0.29) is 11.4 Å². The summed E-state index contributed by atoms with van der Waals surface area (Å²) >= 11 is 5.78. The molecular weight excluding hydrogens is 296 g/mol. The van der Waals surface area contributed by atoms with Crippen molar-refractivity contribution in [2.75, 3.05) is 12.3 Å². The standard InChI is InChI=1S/C12H9ClF3N3O/c1-17-9-6-18-19(11(20)10(9)13)8-4-2-3-7(5-8)12(14,15)16/h2-6,17H,1H3/i1+1D3. The maximum Gasteiger partial charge on any atom is 0.416 e. The van der Waals surface area contributed by atoms with Gasteiger partial charge in [0.2, 0.25) is 0 Å². The molecule has 2 aromatic rings. The van der Waals surface area contributed by atoms with Crippen LogP contribution in [0.2, 0.25) is 5.02 Å². The Morgan fingerprint density at radius 1 is 1.45 bits per heavy atom. The fourth-order valence-electron chi connectivity index (χ4n) is 1.52. The second-order valence-electron chi connectivity index (χ2n) is 3.76. The summed E-state index contributed by atoms with van der Waals surface area (Å²) in [4.78, 5) is 12.1. The molecule has 0 radical (unpaired) electrons. The van der Waals surface area contributed by atoms with Gasteiger partial charge < -0.3 is 5.32 Å². The van der Waals surface area contributed by atoms with Crippen LogP contribution in [0.1, 0.15) is 9.68 Å². The van der Waals surface area contributed by atoms with E-state index >= 15 is 0 Å². The maximum absolute atomic E-state index is 12.7. The van der Waals surface area contributed by atoms with E-state index in [1.807, 2.05) is 5.32 Å². The van der Waals surface area contributed by atoms with E-state index in [4.69, 9.17) is 15.7 Å². The average Bonchev–Trinajstić information content (AvgIpc) is 2.42. The van der Waals surface area contributed by atoms with Crippen LogP contribution >= 0.6 is 11.6 Å². The van der Waals surface area contributed by atoms with E-state index < -0.39 is 29.3 Å². The maximum atomic E-state index is 12.7. The molecule has 1 heterocycles. The lowest BCUT2D eigenvalue weighted by atomic mass is 10.2. The summed E-state index contributed by atoms with van der Waals surface area (Å²) in [7, 11) is 0. The number of hydrogen-bond donors (Lipinski definition) is 1. The van der Waals surface area contributed by atoms with Crippen molar-refractivity contribution >= 4 is 17.3 Å². The van der Waals surface area contributed by atoms with Crippen molar-refractivity contribution in [3.63, 3.8) is 0 Å². The number of halogens is 4. The molecule has 0 unspecified atom stereocenters. The largest absolute Gasteiger partial charge is 0.416 e. The molecule has 0 aliphatic rings. The molecule has 0 amide bonds. The summed E-state index contributed by atoms with van der Waals surface area (Å²) in [6.07, 6.45) is -3.62. The molecule has 20 heavy (non-hydrogen) atoms. The Hall–Kier alpha value is -2.02. The molecule has 2 rings (SSSR count). The first-order chi connectivity index (χ1) is 10.5. The van der Waals surface area contributed by atoms with Crippen molar-refractivity contribution in [3.8, 4) is 5.69 Å². The Morgan fingerprint density at radius 3 is 2.85 bits per heavy atom. The lowest BCUT2D eigenvalue weighted by molar-refractivity contribution is -0.137. The first-order valence-electron chi connectivity index (χ1n) is 6.73. The van der Waals surface area contributed by atoms with Gasteiger partial charge >= 0.3 is 6.18 Å². The monoisotopic (exact) mass is 307 g/mol. The van der Waals surface area contributed by atoms with Gasteiger partial charge in [-0.2, -0.15) is 23.0 Å². The van der Waals surface area contributed by atoms with Gasteiger partial charge in [-0.3, -0.25) is 4.79 Å². The van der Waals surface area contributed by atoms with E-state index in [9.17, 15) is 18.0 Å². The van der Waals surface area contributed by atoms with Gasteiger partial charge in [0.15, 0.2) is 0 Å². The van der Waals surface area contributed by atoms with Crippen LogP contribution in [0.15, 0.2) is 35.3 Å². The number of aromatic nitrogens is 2. The highest BCUT2D eigenvalue weighted by Gasteiger charge is 2.30. The summed E-state index contributed by atoms with van der Waals surface area (Å²) in [6, 6.07) is 3.95. The third-order valence-electron chi connectivity index (χ3n) is 2.47. The molecule has 0 aliphatic heterocycles. The molecule has 8 heteroatoms. The topological polar surface area (TPSA) is 46.9 Å². The van der Waals surface area contributed by atoms with Crippen LogP contribution in [0.4, 0.5) is 18.9 Å². The zero-order chi connectivity index (χ0) is 17.4. The summed E-state index contributed by atoms with van der Waals surface area (Å²) in [5.74, 6) is 0. The van der Waals surface area contributed by atoms with Crippen molar-refractivity contribution in [1.29, 1.82) is 0 Å². The minimum absolute atomic E-state index is 0.146. The van der Waals surface area contributed by atoms with Gasteiger partial charge in [-0.25, -0.2) is 0 Å². The molecule has 0 fully saturated rings. The number of rotatable bonds is 2. The van der Waals surface area contributed by atoms with E-state index in [1.165, 1.54) is 6.07 Å². The second-order valence-corrected chi connectivity index (χ2v) is 4.14. The van der Waals surface area contributed by atoms with Crippen molar-refractivity contribution in [1.82, 2.24) is 9.78 Å². The van der Waals surface area contributed by atoms with Crippen molar-refractivity contribution in [2.24, 2.45) is 0 Å². The fourth-order valence-corrected chi connectivity index (χ4v) is 1.69. The highest BCUT2D eigenvalue weighted by atomic mass is 35.5. The molecule has 1 aromatic heterocycles. The van der Waals surface area contributed by atoms with E-state index in [1.54, 1.807) is 0 Å². The number of anilines is 1. The fraction of sp³-hybridized carbons (Fsp3) is 0.167. The first-order valence-corrected chi connectivity index (χ1v) is 5.60. The Labute approximate surface area is 121 Å². The third kappa shape index (κ3) is 2.62. The number of nitrogens with one attached hydrogen (secondary N) is 1. The Bertz CT molecular complexity index is 790. The molecule has 0 aliphatic carbocycles. The molecule has 0 atom stereocenters. The van der Waals surface area contributed by atoms with Crippen LogP contribution in [-0.2, 0) is 6.18 Å². The van der Waals surface area contributed by atoms with Crippen LogP contribution in [0, 0.1) is 0 Å². The van der Waals surface area contributed by atoms with Gasteiger partial charge in [-0.05, 0) is 18.2 Å². The summed E-state index contributed by atoms with van der Waals surface area (Å²) < 4.78 is 59.9. The van der Waals surface area contributed by atoms with Gasteiger partial charge in [0, 0.05) is 11.1 Å². The van der Waals surface area contributed by atoms with Crippen LogP contribution in [0.25, 0.3) is 5.69 Å². The van der Waals surface area contributed by atoms with Gasteiger partial charge in [0.05, 0.1) is 23.1 Å². The van der Waals surface area contributed by atoms with Gasteiger partial charge in [0.25, 0.3) is 5.56 Å². The van der Waals surface area contributed by atoms with Crippen LogP contribution < -0.4 is 10.9 Å². The number of hydrogen-bond acceptors (Lipinski definition) is 3. The Morgan fingerprint density at radius 2 is 2.20 bits per heavy atom. The lowest BCUT2D eigenvalue weighted by Crippen LogP contribution is -2.22. The molecule has 0 bridgehead atoms. The van der Waals surface area contributed by atoms with Crippen molar-refractivity contribution in [2.45, 2.75) is 6.18 Å². The summed E-state index contributed by atoms with van der Waals surface area (Å²) in [6.45, 7) is -2.60. The van der Waals surface area contributed by atoms with Crippen LogP contribution in [-0.4, -0.2) is 16.8 Å². The highest BCUT2D eigenvalue weighted by molar-refractivity contribution is 6.32. The number of alkyl halides is 3. The predicted octanol–water partition coefficient (Wildman–Crippen LogP) is 2.95. The Balaban J connectivity index is 2.50. The molecule has 1 aromatic carbocycles. The molecule has 0 spiro atoms. The van der Waals surface area contributed by atoms with Gasteiger partial charge in [-0.1, -0.05) is 17.7 Å². The van der Waals surface area contributed by atoms with E-state index in [0.29, 0.717) is 4.68 Å². The molecule has 4 nitrogen and oxygen atoms in total. The second kappa shape index (κ2) is 5.16. The normalized spacial score (nSPS) is 14.3. The zero-order valence-corrected chi connectivity index (χ0v) is 10.5. The van der Waals surface area contributed by atoms with Crippen LogP contribution in [0.5, 0.6) is 0 Å². The minimum atomic E-state index is -4.58. The Kier molecular flexibility index (Phi) is 2.77. The summed E-state index contributed by atoms with van der Waals surface area (Å²) in [5, 5.41) is 5.18. The lowest BCUT2D eigenvalue weighted by Gasteiger charge is -2.10. The van der Waals surface area contributed by atoms with Crippen molar-refractivity contribution < 1.29 is 17.3 Å². The van der Waals surface area contributed by atoms with Gasteiger partial charge in [0.1, 0.15) is 5.02 Å². The summed E-state index contributed by atoms with van der Waals surface area (Å²) in [5.41, 5.74) is -2.28. The minimum Gasteiger partial charge on any atom is -0.385 e. The highest BCUT2D eigenvalue weighted by Crippen LogP contribution is 2.30. The number of nitrogens with zero attached hydrogens (tertiary/aromatic N) is 2. The average molecular weight is 308 g/mol. The number of benzene rings is 1. The smallest absolute Gasteiger partial charge is 0.385 e. The quantitative estimate of drug-likeness (QED) is 0.868. The molecule has 1 N–H and O–H groups in total. The predicted molar refractivity (Wildman–Crippen MR) is 69.4 cm³/mol. The molecule has 106 valence electrons. The molecular formula is C12H9ClF3N3O. The van der Waals surface area contributed by atoms with Crippen LogP contribution in [0.3, 0.4) is 0 Å². The molecule has 0 saturated carbocycles. The van der Waals surface area contributed by atoms with Crippen molar-refractivity contribution in [3.05, 3.63) is 51.4 Å². The third-order valence-corrected chi connectivity index (χ3v) is 2.84. The van der Waals surface area contributed by atoms with Gasteiger partial charge in [-0.15, -0.1) is 0 Å². The van der Waals surface area contributed by atoms with E-state index in [2.05, 4.69) is 5.10 Å². The SMILES string of the molecule is [2H][13C]([2H])([2H])Nc1cnn(-c2cccc(C(F)(F)F)c2)c(=O)c1Cl. The first kappa shape index (κ1) is 10.7. The zero-order valence-electron chi connectivity index (χ0n) is 12.7. The molecule has 0 saturated heterocycles. The van der Waals surface area contributed by atoms with E-state index in [0.717, 1.165) is 24.4 Å².